The lowest BCUT2D eigenvalue weighted by Crippen LogP contribution is -2.43. The van der Waals surface area contributed by atoms with Crippen LogP contribution in [-0.4, -0.2) is 40.9 Å². The van der Waals surface area contributed by atoms with Gasteiger partial charge in [0.1, 0.15) is 17.2 Å². The molecule has 1 saturated heterocycles. The molecule has 1 aromatic heterocycles. The van der Waals surface area contributed by atoms with Gasteiger partial charge in [-0.2, -0.15) is 13.2 Å². The number of alkyl halides is 3. The summed E-state index contributed by atoms with van der Waals surface area (Å²) in [6.07, 6.45) is -2.89. The molecule has 2 aliphatic rings. The van der Waals surface area contributed by atoms with Crippen molar-refractivity contribution in [3.63, 3.8) is 0 Å². The fourth-order valence-electron chi connectivity index (χ4n) is 4.59. The van der Waals surface area contributed by atoms with E-state index < -0.39 is 34.9 Å². The first kappa shape index (κ1) is 25.6. The van der Waals surface area contributed by atoms with Crippen LogP contribution in [0, 0.1) is 5.82 Å². The van der Waals surface area contributed by atoms with Gasteiger partial charge in [-0.15, -0.1) is 0 Å². The first-order valence-corrected chi connectivity index (χ1v) is 12.1. The van der Waals surface area contributed by atoms with Gasteiger partial charge in [-0.1, -0.05) is 18.2 Å². The van der Waals surface area contributed by atoms with Crippen LogP contribution in [0.5, 0.6) is 0 Å². The first-order chi connectivity index (χ1) is 18.2. The molecule has 0 bridgehead atoms. The van der Waals surface area contributed by atoms with Crippen molar-refractivity contribution in [2.24, 2.45) is 0 Å². The van der Waals surface area contributed by atoms with E-state index >= 15 is 0 Å². The molecule has 0 aliphatic carbocycles. The Bertz CT molecular complexity index is 1370. The Morgan fingerprint density at radius 1 is 1.03 bits per heavy atom. The maximum atomic E-state index is 14.6. The van der Waals surface area contributed by atoms with Crippen molar-refractivity contribution in [1.29, 1.82) is 0 Å². The number of carbonyl (C=O) groups is 2. The molecule has 0 radical (unpaired) electrons. The Morgan fingerprint density at radius 2 is 1.76 bits per heavy atom. The molecule has 12 heteroatoms. The van der Waals surface area contributed by atoms with Crippen molar-refractivity contribution in [2.45, 2.75) is 38.0 Å². The van der Waals surface area contributed by atoms with Crippen molar-refractivity contribution in [3.8, 4) is 11.4 Å². The van der Waals surface area contributed by atoms with Gasteiger partial charge < -0.3 is 21.3 Å². The molecule has 0 spiro atoms. The maximum absolute atomic E-state index is 14.6. The molecular formula is C26H24F4N6O2. The summed E-state index contributed by atoms with van der Waals surface area (Å²) in [4.78, 5) is 33.0. The van der Waals surface area contributed by atoms with Crippen LogP contribution in [0.3, 0.4) is 0 Å². The van der Waals surface area contributed by atoms with E-state index in [4.69, 9.17) is 0 Å². The third kappa shape index (κ3) is 5.44. The van der Waals surface area contributed by atoms with Crippen LogP contribution < -0.4 is 21.3 Å². The predicted octanol–water partition coefficient (Wildman–Crippen LogP) is 3.70. The van der Waals surface area contributed by atoms with Gasteiger partial charge in [-0.05, 0) is 55.8 Å². The monoisotopic (exact) mass is 528 g/mol. The van der Waals surface area contributed by atoms with E-state index in [0.717, 1.165) is 49.7 Å². The molecule has 3 aromatic rings. The molecule has 0 atom stereocenters. The van der Waals surface area contributed by atoms with Crippen LogP contribution in [-0.2, 0) is 23.9 Å². The van der Waals surface area contributed by atoms with Crippen molar-refractivity contribution < 1.29 is 27.2 Å². The number of anilines is 2. The quantitative estimate of drug-likeness (QED) is 0.364. The number of nitrogens with zero attached hydrogens (tertiary/aromatic N) is 2. The summed E-state index contributed by atoms with van der Waals surface area (Å²) in [6.45, 7) is 1.71. The van der Waals surface area contributed by atoms with Crippen molar-refractivity contribution in [1.82, 2.24) is 25.9 Å². The summed E-state index contributed by atoms with van der Waals surface area (Å²) in [5.41, 5.74) is -0.541. The van der Waals surface area contributed by atoms with E-state index in [1.54, 1.807) is 24.3 Å². The molecule has 8 nitrogen and oxygen atoms in total. The van der Waals surface area contributed by atoms with Crippen LogP contribution in [0.4, 0.5) is 29.1 Å². The standard InChI is InChI=1S/C26H24F4N6O2/c27-18-3-1-2-17(26(28,29)30)21(18)23-35-19-13-32-25(38)22(19)24(36-23)34-15-6-4-14(5-7-15)12-20(37)33-16-8-10-31-11-9-16/h1-7,16,31H,8-13H2,(H,32,38)(H,33,37)(H,34,35,36). The van der Waals surface area contributed by atoms with Crippen LogP contribution >= 0.6 is 0 Å². The number of amides is 2. The van der Waals surface area contributed by atoms with E-state index in [9.17, 15) is 27.2 Å². The predicted molar refractivity (Wildman–Crippen MR) is 131 cm³/mol. The maximum Gasteiger partial charge on any atom is 0.417 e. The number of hydrogen-bond acceptors (Lipinski definition) is 6. The topological polar surface area (TPSA) is 108 Å². The van der Waals surface area contributed by atoms with Crippen LogP contribution in [0.2, 0.25) is 0 Å². The average Bonchev–Trinajstić information content (AvgIpc) is 3.26. The van der Waals surface area contributed by atoms with E-state index in [-0.39, 0.29) is 42.0 Å². The lowest BCUT2D eigenvalue weighted by Gasteiger charge is -2.23. The van der Waals surface area contributed by atoms with E-state index in [1.165, 1.54) is 0 Å². The van der Waals surface area contributed by atoms with Gasteiger partial charge in [-0.25, -0.2) is 14.4 Å². The molecular weight excluding hydrogens is 504 g/mol. The summed E-state index contributed by atoms with van der Waals surface area (Å²) >= 11 is 0. The molecule has 38 heavy (non-hydrogen) atoms. The highest BCUT2D eigenvalue weighted by Gasteiger charge is 2.37. The van der Waals surface area contributed by atoms with Crippen LogP contribution in [0.25, 0.3) is 11.4 Å². The van der Waals surface area contributed by atoms with Gasteiger partial charge in [0.15, 0.2) is 5.82 Å². The van der Waals surface area contributed by atoms with Crippen molar-refractivity contribution in [2.75, 3.05) is 18.4 Å². The molecule has 4 N–H and O–H groups in total. The second-order valence-corrected chi connectivity index (χ2v) is 9.15. The van der Waals surface area contributed by atoms with Crippen molar-refractivity contribution in [3.05, 3.63) is 70.7 Å². The number of piperidine rings is 1. The Labute approximate surface area is 215 Å². The van der Waals surface area contributed by atoms with Gasteiger partial charge >= 0.3 is 6.18 Å². The molecule has 1 fully saturated rings. The smallest absolute Gasteiger partial charge is 0.353 e. The number of nitrogens with one attached hydrogen (secondary N) is 4. The summed E-state index contributed by atoms with van der Waals surface area (Å²) in [5, 5.41) is 11.8. The third-order valence-corrected chi connectivity index (χ3v) is 6.46. The summed E-state index contributed by atoms with van der Waals surface area (Å²) < 4.78 is 55.5. The van der Waals surface area contributed by atoms with Crippen molar-refractivity contribution >= 4 is 23.3 Å². The lowest BCUT2D eigenvalue weighted by molar-refractivity contribution is -0.137. The van der Waals surface area contributed by atoms with Gasteiger partial charge in [0.25, 0.3) is 5.91 Å². The third-order valence-electron chi connectivity index (χ3n) is 6.46. The molecule has 2 aromatic carbocycles. The molecule has 2 amide bonds. The van der Waals surface area contributed by atoms with E-state index in [2.05, 4.69) is 31.2 Å². The molecule has 3 heterocycles. The fourth-order valence-corrected chi connectivity index (χ4v) is 4.59. The molecule has 0 unspecified atom stereocenters. The van der Waals surface area contributed by atoms with Gasteiger partial charge in [0.2, 0.25) is 5.91 Å². The minimum absolute atomic E-state index is 0.0285. The van der Waals surface area contributed by atoms with Gasteiger partial charge in [0, 0.05) is 11.7 Å². The normalized spacial score (nSPS) is 15.6. The highest BCUT2D eigenvalue weighted by Crippen LogP contribution is 2.38. The number of aromatic nitrogens is 2. The largest absolute Gasteiger partial charge is 0.417 e. The number of hydrogen-bond donors (Lipinski definition) is 4. The molecule has 0 saturated carbocycles. The highest BCUT2D eigenvalue weighted by atomic mass is 19.4. The molecule has 198 valence electrons. The summed E-state index contributed by atoms with van der Waals surface area (Å²) in [7, 11) is 0. The summed E-state index contributed by atoms with van der Waals surface area (Å²) in [6, 6.07) is 9.56. The second-order valence-electron chi connectivity index (χ2n) is 9.15. The van der Waals surface area contributed by atoms with E-state index in [0.29, 0.717) is 5.69 Å². The number of halogens is 4. The Balaban J connectivity index is 1.40. The number of fused-ring (bicyclic) bond motifs is 1. The number of carbonyl (C=O) groups excluding carboxylic acids is 2. The first-order valence-electron chi connectivity index (χ1n) is 12.1. The van der Waals surface area contributed by atoms with Crippen LogP contribution in [0.1, 0.15) is 40.0 Å². The lowest BCUT2D eigenvalue weighted by atomic mass is 10.0. The van der Waals surface area contributed by atoms with Gasteiger partial charge in [0.05, 0.1) is 29.8 Å². The Kier molecular flexibility index (Phi) is 6.98. The van der Waals surface area contributed by atoms with Gasteiger partial charge in [-0.3, -0.25) is 9.59 Å². The SMILES string of the molecule is O=C(Cc1ccc(Nc2nc(-c3c(F)cccc3C(F)(F)F)nc3c2C(=O)NC3)cc1)NC1CCNCC1. The minimum atomic E-state index is -4.84. The summed E-state index contributed by atoms with van der Waals surface area (Å²) in [5.74, 6) is -2.25. The second kappa shape index (κ2) is 10.4. The minimum Gasteiger partial charge on any atom is -0.353 e. The highest BCUT2D eigenvalue weighted by molar-refractivity contribution is 6.03. The average molecular weight is 529 g/mol. The Hall–Kier alpha value is -4.06. The number of benzene rings is 2. The zero-order chi connectivity index (χ0) is 26.9. The zero-order valence-electron chi connectivity index (χ0n) is 20.1. The Morgan fingerprint density at radius 3 is 2.47 bits per heavy atom. The van der Waals surface area contributed by atoms with E-state index in [1.807, 2.05) is 0 Å². The number of rotatable bonds is 6. The zero-order valence-corrected chi connectivity index (χ0v) is 20.1. The molecule has 5 rings (SSSR count). The fraction of sp³-hybridized carbons (Fsp3) is 0.308. The molecule has 2 aliphatic heterocycles. The van der Waals surface area contributed by atoms with Crippen LogP contribution in [0.15, 0.2) is 42.5 Å².